The highest BCUT2D eigenvalue weighted by Crippen LogP contribution is 2.24. The van der Waals surface area contributed by atoms with Crippen LogP contribution in [-0.4, -0.2) is 83.9 Å². The van der Waals surface area contributed by atoms with E-state index in [1.165, 1.54) is 17.4 Å². The van der Waals surface area contributed by atoms with Crippen LogP contribution in [0.2, 0.25) is 0 Å². The standard InChI is InChI=1S/C27H37N7O4/c1-4-21-27(38-5-2)32-26(24(31-21)25(28)37)30-20-10-6-9-19(17-20)12-13-29-22(35)18-33(3)23(36)11-7-14-34-15-8-16-34/h6-7,9-11,17H,4-5,8,12-16,18H2,1-3H3,(H2,28,37)(H,29,35)(H,30,32). The molecule has 4 N–H and O–H groups in total. The number of benzene rings is 1. The molecule has 0 aliphatic carbocycles. The van der Waals surface area contributed by atoms with Crippen molar-refractivity contribution >= 4 is 29.2 Å². The molecular formula is C27H37N7O4. The summed E-state index contributed by atoms with van der Waals surface area (Å²) in [5.74, 6) is -0.539. The lowest BCUT2D eigenvalue weighted by atomic mass is 10.1. The molecule has 1 aromatic heterocycles. The van der Waals surface area contributed by atoms with Crippen molar-refractivity contribution in [2.24, 2.45) is 5.73 Å². The van der Waals surface area contributed by atoms with Gasteiger partial charge >= 0.3 is 0 Å². The molecule has 3 amide bonds. The van der Waals surface area contributed by atoms with E-state index in [0.717, 1.165) is 25.2 Å². The highest BCUT2D eigenvalue weighted by molar-refractivity contribution is 5.96. The van der Waals surface area contributed by atoms with Gasteiger partial charge in [-0.15, -0.1) is 0 Å². The van der Waals surface area contributed by atoms with E-state index >= 15 is 0 Å². The number of carbonyl (C=O) groups is 3. The zero-order valence-electron chi connectivity index (χ0n) is 22.3. The number of aromatic nitrogens is 2. The van der Waals surface area contributed by atoms with Gasteiger partial charge in [0.15, 0.2) is 11.5 Å². The number of nitrogens with two attached hydrogens (primary N) is 1. The van der Waals surface area contributed by atoms with Crippen molar-refractivity contribution in [1.82, 2.24) is 25.1 Å². The highest BCUT2D eigenvalue weighted by atomic mass is 16.5. The second-order valence-corrected chi connectivity index (χ2v) is 9.00. The van der Waals surface area contributed by atoms with Crippen LogP contribution >= 0.6 is 0 Å². The Morgan fingerprint density at radius 3 is 2.66 bits per heavy atom. The fourth-order valence-electron chi connectivity index (χ4n) is 3.83. The SMILES string of the molecule is CCOc1nc(Nc2cccc(CCNC(=O)CN(C)C(=O)C=CCN3CCC3)c2)c(C(N)=O)nc1CC. The number of carbonyl (C=O) groups excluding carboxylic acids is 3. The number of rotatable bonds is 14. The number of likely N-dealkylation sites (N-methyl/N-ethyl adjacent to an activating group) is 1. The number of primary amides is 1. The largest absolute Gasteiger partial charge is 0.477 e. The molecule has 2 aromatic rings. The molecule has 11 heteroatoms. The summed E-state index contributed by atoms with van der Waals surface area (Å²) in [5, 5.41) is 5.97. The van der Waals surface area contributed by atoms with Crippen molar-refractivity contribution < 1.29 is 19.1 Å². The Bertz CT molecular complexity index is 1160. The van der Waals surface area contributed by atoms with Crippen LogP contribution in [0.4, 0.5) is 11.5 Å². The smallest absolute Gasteiger partial charge is 0.271 e. The van der Waals surface area contributed by atoms with E-state index in [9.17, 15) is 14.4 Å². The second-order valence-electron chi connectivity index (χ2n) is 9.00. The summed E-state index contributed by atoms with van der Waals surface area (Å²) in [7, 11) is 1.61. The van der Waals surface area contributed by atoms with Gasteiger partial charge < -0.3 is 26.0 Å². The molecule has 1 aliphatic rings. The average Bonchev–Trinajstić information content (AvgIpc) is 2.85. The van der Waals surface area contributed by atoms with Gasteiger partial charge in [-0.1, -0.05) is 25.1 Å². The van der Waals surface area contributed by atoms with Crippen molar-refractivity contribution in [1.29, 1.82) is 0 Å². The fraction of sp³-hybridized carbons (Fsp3) is 0.444. The molecule has 0 saturated carbocycles. The molecule has 1 saturated heterocycles. The monoisotopic (exact) mass is 523 g/mol. The predicted molar refractivity (Wildman–Crippen MR) is 145 cm³/mol. The van der Waals surface area contributed by atoms with Gasteiger partial charge in [-0.25, -0.2) is 4.98 Å². The van der Waals surface area contributed by atoms with E-state index < -0.39 is 5.91 Å². The third kappa shape index (κ3) is 8.27. The van der Waals surface area contributed by atoms with Crippen molar-refractivity contribution in [3.63, 3.8) is 0 Å². The second kappa shape index (κ2) is 14.1. The topological polar surface area (TPSA) is 143 Å². The third-order valence-electron chi connectivity index (χ3n) is 6.04. The van der Waals surface area contributed by atoms with E-state index in [-0.39, 0.29) is 29.9 Å². The quantitative estimate of drug-likeness (QED) is 0.317. The molecule has 0 spiro atoms. The number of amides is 3. The number of anilines is 2. The molecule has 0 atom stereocenters. The van der Waals surface area contributed by atoms with E-state index in [4.69, 9.17) is 10.5 Å². The van der Waals surface area contributed by atoms with Crippen LogP contribution in [0.15, 0.2) is 36.4 Å². The summed E-state index contributed by atoms with van der Waals surface area (Å²) in [6.45, 7) is 7.44. The maximum absolute atomic E-state index is 12.3. The van der Waals surface area contributed by atoms with Crippen LogP contribution in [0.1, 0.15) is 42.0 Å². The van der Waals surface area contributed by atoms with Gasteiger partial charge in [-0.3, -0.25) is 19.3 Å². The van der Waals surface area contributed by atoms with Crippen molar-refractivity contribution in [3.05, 3.63) is 53.4 Å². The minimum absolute atomic E-state index is 0.0149. The zero-order valence-corrected chi connectivity index (χ0v) is 22.3. The van der Waals surface area contributed by atoms with Crippen LogP contribution < -0.4 is 21.1 Å². The number of ether oxygens (including phenoxy) is 1. The fourth-order valence-corrected chi connectivity index (χ4v) is 3.83. The Morgan fingerprint density at radius 1 is 1.21 bits per heavy atom. The minimum Gasteiger partial charge on any atom is -0.477 e. The average molecular weight is 524 g/mol. The van der Waals surface area contributed by atoms with Gasteiger partial charge in [0.05, 0.1) is 13.2 Å². The zero-order chi connectivity index (χ0) is 27.5. The predicted octanol–water partition coefficient (Wildman–Crippen LogP) is 1.66. The molecule has 2 heterocycles. The molecule has 0 unspecified atom stereocenters. The molecule has 1 aromatic carbocycles. The molecule has 38 heavy (non-hydrogen) atoms. The Hall–Kier alpha value is -3.99. The summed E-state index contributed by atoms with van der Waals surface area (Å²) in [6.07, 6.45) is 5.68. The number of aryl methyl sites for hydroxylation is 1. The van der Waals surface area contributed by atoms with Crippen molar-refractivity contribution in [2.45, 2.75) is 33.1 Å². The first-order valence-electron chi connectivity index (χ1n) is 12.9. The van der Waals surface area contributed by atoms with Crippen LogP contribution in [-0.2, 0) is 22.4 Å². The maximum Gasteiger partial charge on any atom is 0.271 e. The van der Waals surface area contributed by atoms with Crippen LogP contribution in [0.25, 0.3) is 0 Å². The Kier molecular flexibility index (Phi) is 10.6. The molecular weight excluding hydrogens is 486 g/mol. The van der Waals surface area contributed by atoms with Crippen molar-refractivity contribution in [2.75, 3.05) is 51.7 Å². The first kappa shape index (κ1) is 28.6. The van der Waals surface area contributed by atoms with Gasteiger partial charge in [0.1, 0.15) is 5.69 Å². The first-order chi connectivity index (χ1) is 18.3. The molecule has 1 fully saturated rings. The van der Waals surface area contributed by atoms with Gasteiger partial charge in [0.25, 0.3) is 5.91 Å². The number of nitrogens with one attached hydrogen (secondary N) is 2. The van der Waals surface area contributed by atoms with Gasteiger partial charge in [0, 0.05) is 31.9 Å². The first-order valence-corrected chi connectivity index (χ1v) is 12.9. The number of likely N-dealkylation sites (tertiary alicyclic amines) is 1. The summed E-state index contributed by atoms with van der Waals surface area (Å²) in [6, 6.07) is 7.52. The van der Waals surface area contributed by atoms with Crippen LogP contribution in [0.5, 0.6) is 5.88 Å². The van der Waals surface area contributed by atoms with E-state index in [2.05, 4.69) is 25.5 Å². The molecule has 204 valence electrons. The molecule has 11 nitrogen and oxygen atoms in total. The van der Waals surface area contributed by atoms with E-state index in [1.807, 2.05) is 44.2 Å². The van der Waals surface area contributed by atoms with Crippen LogP contribution in [0.3, 0.4) is 0 Å². The number of nitrogens with zero attached hydrogens (tertiary/aromatic N) is 4. The number of hydrogen-bond donors (Lipinski definition) is 3. The lowest BCUT2D eigenvalue weighted by Gasteiger charge is -2.29. The summed E-state index contributed by atoms with van der Waals surface area (Å²) >= 11 is 0. The third-order valence-corrected chi connectivity index (χ3v) is 6.04. The number of hydrogen-bond acceptors (Lipinski definition) is 8. The summed E-state index contributed by atoms with van der Waals surface area (Å²) in [5.41, 5.74) is 7.79. The molecule has 1 aliphatic heterocycles. The van der Waals surface area contributed by atoms with E-state index in [0.29, 0.717) is 43.3 Å². The Balaban J connectivity index is 1.53. The van der Waals surface area contributed by atoms with Gasteiger partial charge in [-0.2, -0.15) is 4.98 Å². The summed E-state index contributed by atoms with van der Waals surface area (Å²) < 4.78 is 5.58. The lowest BCUT2D eigenvalue weighted by molar-refractivity contribution is -0.131. The van der Waals surface area contributed by atoms with Crippen molar-refractivity contribution in [3.8, 4) is 5.88 Å². The molecule has 3 rings (SSSR count). The molecule has 0 bridgehead atoms. The normalized spacial score (nSPS) is 13.1. The van der Waals surface area contributed by atoms with Crippen LogP contribution in [0, 0.1) is 0 Å². The maximum atomic E-state index is 12.3. The minimum atomic E-state index is -0.688. The van der Waals surface area contributed by atoms with Gasteiger partial charge in [-0.05, 0) is 57.0 Å². The Morgan fingerprint density at radius 2 is 2.00 bits per heavy atom. The summed E-state index contributed by atoms with van der Waals surface area (Å²) in [4.78, 5) is 48.9. The Labute approximate surface area is 223 Å². The molecule has 0 radical (unpaired) electrons. The highest BCUT2D eigenvalue weighted by Gasteiger charge is 2.18. The lowest BCUT2D eigenvalue weighted by Crippen LogP contribution is -2.39. The van der Waals surface area contributed by atoms with E-state index in [1.54, 1.807) is 7.05 Å². The van der Waals surface area contributed by atoms with Gasteiger partial charge in [0.2, 0.25) is 17.7 Å².